The normalized spacial score (nSPS) is 13.4. The molecule has 0 saturated carbocycles. The van der Waals surface area contributed by atoms with Crippen molar-refractivity contribution in [2.24, 2.45) is 0 Å². The number of fused-ring (bicyclic) bond motifs is 1. The average Bonchev–Trinajstić information content (AvgIpc) is 2.68. The molecular formula is C23H32O6. The van der Waals surface area contributed by atoms with E-state index in [9.17, 15) is 24.6 Å². The van der Waals surface area contributed by atoms with Gasteiger partial charge < -0.3 is 14.9 Å². The lowest BCUT2D eigenvalue weighted by Gasteiger charge is -2.28. The lowest BCUT2D eigenvalue weighted by Crippen LogP contribution is -2.29. The standard InChI is InChI=1S/C23H32O6/c1-3-5-6-7-8-9-10-11-12-13-15(4-2)16-14-17(21(24)25)18(22(26)27)19-20(16)29-23(19)28/h14-15H,3-13H2,1-2H3,(H,24,25)(H,26,27). The van der Waals surface area contributed by atoms with Crippen LogP contribution in [-0.4, -0.2) is 28.1 Å². The van der Waals surface area contributed by atoms with Gasteiger partial charge >= 0.3 is 17.9 Å². The van der Waals surface area contributed by atoms with E-state index in [0.717, 1.165) is 25.7 Å². The molecule has 1 aliphatic rings. The fraction of sp³-hybridized carbons (Fsp3) is 0.609. The first kappa shape index (κ1) is 22.9. The topological polar surface area (TPSA) is 101 Å². The largest absolute Gasteiger partial charge is 0.478 e. The maximum absolute atomic E-state index is 11.8. The van der Waals surface area contributed by atoms with Gasteiger partial charge in [-0.15, -0.1) is 0 Å². The second kappa shape index (κ2) is 11.0. The van der Waals surface area contributed by atoms with Gasteiger partial charge in [0.1, 0.15) is 11.3 Å². The summed E-state index contributed by atoms with van der Waals surface area (Å²) in [6, 6.07) is 1.39. The number of hydrogen-bond acceptors (Lipinski definition) is 4. The molecule has 0 fully saturated rings. The molecule has 160 valence electrons. The SMILES string of the molecule is CCCCCCCCCCCC(CC)c1cc(C(=O)O)c(C(=O)O)c2c1OC2=O. The van der Waals surface area contributed by atoms with Crippen molar-refractivity contribution in [3.63, 3.8) is 0 Å². The first-order valence-electron chi connectivity index (χ1n) is 10.8. The van der Waals surface area contributed by atoms with Crippen LogP contribution >= 0.6 is 0 Å². The molecule has 1 aliphatic heterocycles. The molecule has 2 rings (SSSR count). The molecule has 0 amide bonds. The summed E-state index contributed by atoms with van der Waals surface area (Å²) in [4.78, 5) is 34.9. The van der Waals surface area contributed by atoms with E-state index in [2.05, 4.69) is 6.92 Å². The van der Waals surface area contributed by atoms with Crippen molar-refractivity contribution in [1.29, 1.82) is 0 Å². The number of benzene rings is 1. The van der Waals surface area contributed by atoms with Gasteiger partial charge in [0.2, 0.25) is 0 Å². The summed E-state index contributed by atoms with van der Waals surface area (Å²) in [6.45, 7) is 4.23. The molecule has 6 heteroatoms. The molecule has 1 aromatic carbocycles. The van der Waals surface area contributed by atoms with Crippen LogP contribution in [0.1, 0.15) is 127 Å². The summed E-state index contributed by atoms with van der Waals surface area (Å²) >= 11 is 0. The molecule has 0 bridgehead atoms. The molecule has 1 atom stereocenters. The fourth-order valence-corrected chi connectivity index (χ4v) is 4.06. The Bertz CT molecular complexity index is 752. The second-order valence-corrected chi connectivity index (χ2v) is 7.81. The lowest BCUT2D eigenvalue weighted by molar-refractivity contribution is 0.0604. The highest BCUT2D eigenvalue weighted by molar-refractivity contribution is 6.15. The van der Waals surface area contributed by atoms with E-state index in [1.807, 2.05) is 6.92 Å². The van der Waals surface area contributed by atoms with Crippen molar-refractivity contribution >= 4 is 17.9 Å². The molecule has 1 unspecified atom stereocenters. The number of carbonyl (C=O) groups excluding carboxylic acids is 1. The number of ether oxygens (including phenoxy) is 1. The van der Waals surface area contributed by atoms with E-state index >= 15 is 0 Å². The predicted octanol–water partition coefficient (Wildman–Crippen LogP) is 6.03. The van der Waals surface area contributed by atoms with E-state index in [1.165, 1.54) is 51.0 Å². The van der Waals surface area contributed by atoms with Crippen molar-refractivity contribution < 1.29 is 29.3 Å². The third kappa shape index (κ3) is 5.58. The Balaban J connectivity index is 2.01. The van der Waals surface area contributed by atoms with E-state index in [0.29, 0.717) is 5.56 Å². The summed E-state index contributed by atoms with van der Waals surface area (Å²) in [7, 11) is 0. The van der Waals surface area contributed by atoms with Crippen molar-refractivity contribution in [2.45, 2.75) is 90.4 Å². The summed E-state index contributed by atoms with van der Waals surface area (Å²) in [5, 5.41) is 18.8. The zero-order valence-electron chi connectivity index (χ0n) is 17.5. The summed E-state index contributed by atoms with van der Waals surface area (Å²) in [6.07, 6.45) is 12.7. The van der Waals surface area contributed by atoms with E-state index in [-0.39, 0.29) is 22.8 Å². The summed E-state index contributed by atoms with van der Waals surface area (Å²) < 4.78 is 5.12. The van der Waals surface area contributed by atoms with Gasteiger partial charge in [0.15, 0.2) is 0 Å². The number of carboxylic acid groups (broad SMARTS) is 2. The van der Waals surface area contributed by atoms with Crippen molar-refractivity contribution in [1.82, 2.24) is 0 Å². The second-order valence-electron chi connectivity index (χ2n) is 7.81. The van der Waals surface area contributed by atoms with Crippen LogP contribution < -0.4 is 4.74 Å². The molecule has 2 N–H and O–H groups in total. The number of aromatic carboxylic acids is 2. The van der Waals surface area contributed by atoms with E-state index in [4.69, 9.17) is 4.74 Å². The third-order valence-corrected chi connectivity index (χ3v) is 5.74. The van der Waals surface area contributed by atoms with Crippen molar-refractivity contribution in [3.8, 4) is 5.75 Å². The maximum atomic E-state index is 11.8. The number of carboxylic acids is 2. The Morgan fingerprint density at radius 3 is 2.00 bits per heavy atom. The van der Waals surface area contributed by atoms with Gasteiger partial charge in [-0.1, -0.05) is 71.6 Å². The van der Waals surface area contributed by atoms with Crippen LogP contribution in [0.2, 0.25) is 0 Å². The Hall–Kier alpha value is -2.37. The zero-order chi connectivity index (χ0) is 21.4. The zero-order valence-corrected chi connectivity index (χ0v) is 17.5. The Morgan fingerprint density at radius 1 is 0.931 bits per heavy atom. The molecular weight excluding hydrogens is 372 g/mol. The number of unbranched alkanes of at least 4 members (excludes halogenated alkanes) is 8. The van der Waals surface area contributed by atoms with Gasteiger partial charge in [-0.2, -0.15) is 0 Å². The molecule has 0 aromatic heterocycles. The highest BCUT2D eigenvalue weighted by atomic mass is 16.6. The predicted molar refractivity (Wildman–Crippen MR) is 110 cm³/mol. The van der Waals surface area contributed by atoms with Crippen LogP contribution in [0.4, 0.5) is 0 Å². The van der Waals surface area contributed by atoms with Crippen LogP contribution in [0, 0.1) is 0 Å². The fourth-order valence-electron chi connectivity index (χ4n) is 4.06. The average molecular weight is 405 g/mol. The van der Waals surface area contributed by atoms with Crippen molar-refractivity contribution in [3.05, 3.63) is 28.3 Å². The van der Waals surface area contributed by atoms with E-state index < -0.39 is 23.5 Å². The highest BCUT2D eigenvalue weighted by Gasteiger charge is 2.39. The van der Waals surface area contributed by atoms with Gasteiger partial charge in [-0.05, 0) is 30.4 Å². The van der Waals surface area contributed by atoms with Crippen LogP contribution in [0.25, 0.3) is 0 Å². The van der Waals surface area contributed by atoms with Gasteiger partial charge in [0.25, 0.3) is 0 Å². The number of hydrogen-bond donors (Lipinski definition) is 2. The minimum atomic E-state index is -1.42. The molecule has 0 spiro atoms. The quantitative estimate of drug-likeness (QED) is 0.290. The number of rotatable bonds is 14. The third-order valence-electron chi connectivity index (χ3n) is 5.74. The first-order valence-corrected chi connectivity index (χ1v) is 10.8. The van der Waals surface area contributed by atoms with Gasteiger partial charge in [-0.25, -0.2) is 14.4 Å². The molecule has 6 nitrogen and oxygen atoms in total. The minimum Gasteiger partial charge on any atom is -0.478 e. The van der Waals surface area contributed by atoms with E-state index in [1.54, 1.807) is 0 Å². The van der Waals surface area contributed by atoms with Gasteiger partial charge in [0.05, 0.1) is 11.1 Å². The van der Waals surface area contributed by atoms with Crippen molar-refractivity contribution in [2.75, 3.05) is 0 Å². The summed E-state index contributed by atoms with van der Waals surface area (Å²) in [5.41, 5.74) is -0.263. The van der Waals surface area contributed by atoms with Crippen LogP contribution in [-0.2, 0) is 0 Å². The maximum Gasteiger partial charge on any atom is 0.348 e. The molecule has 1 heterocycles. The summed E-state index contributed by atoms with van der Waals surface area (Å²) in [5.74, 6) is -3.24. The lowest BCUT2D eigenvalue weighted by atomic mass is 9.84. The molecule has 0 aliphatic carbocycles. The van der Waals surface area contributed by atoms with Crippen LogP contribution in [0.3, 0.4) is 0 Å². The Kier molecular flexibility index (Phi) is 8.68. The molecule has 1 aromatic rings. The monoisotopic (exact) mass is 404 g/mol. The smallest absolute Gasteiger partial charge is 0.348 e. The molecule has 0 radical (unpaired) electrons. The molecule has 0 saturated heterocycles. The Morgan fingerprint density at radius 2 is 1.52 bits per heavy atom. The Labute approximate surface area is 172 Å². The number of esters is 1. The highest BCUT2D eigenvalue weighted by Crippen LogP contribution is 2.43. The first-order chi connectivity index (χ1) is 13.9. The molecule has 29 heavy (non-hydrogen) atoms. The van der Waals surface area contributed by atoms with Gasteiger partial charge in [-0.3, -0.25) is 0 Å². The number of carbonyl (C=O) groups is 3. The minimum absolute atomic E-state index is 0.0438. The van der Waals surface area contributed by atoms with Gasteiger partial charge in [0, 0.05) is 0 Å². The van der Waals surface area contributed by atoms with Crippen LogP contribution in [0.5, 0.6) is 5.75 Å². The van der Waals surface area contributed by atoms with Crippen LogP contribution in [0.15, 0.2) is 6.07 Å².